The summed E-state index contributed by atoms with van der Waals surface area (Å²) in [6.07, 6.45) is 2.92. The maximum atomic E-state index is 13.8. The lowest BCUT2D eigenvalue weighted by molar-refractivity contribution is -0.377. The van der Waals surface area contributed by atoms with Crippen molar-refractivity contribution in [1.29, 1.82) is 0 Å². The minimum absolute atomic E-state index is 0. The highest BCUT2D eigenvalue weighted by Crippen LogP contribution is 2.37. The van der Waals surface area contributed by atoms with Gasteiger partial charge in [-0.2, -0.15) is 8.78 Å². The molecule has 11 nitrogen and oxygen atoms in total. The average molecular weight is 778 g/mol. The number of rotatable bonds is 13. The zero-order valence-electron chi connectivity index (χ0n) is 31.5. The van der Waals surface area contributed by atoms with Gasteiger partial charge in [-0.1, -0.05) is 53.5 Å². The molecule has 53 heavy (non-hydrogen) atoms. The standard InChI is InChI=1S/C38H37Cl2F2N3O7.H2O/c1-48-31-6-4-3-5-30(31)45(38(47)52-35-22-44-15-13-24(35)14-16-44)21-23-7-9-25(10-8-23)36(46)50-33(18-27-28(39)19-43-20-29(27)40)26-11-12-32(51-37(41)42)34(17-26)49-2;/h3-12,17,19-20,24,33,35,37H,13-16,18,21-22H2,1-2H3;1H2/t33-,35-;/m0./s1/i2D3;. The SMILES string of the molecule is [2H]C([2H])([2H])Oc1cc([C@H](Cc2c(Cl)c[nH+]cc2Cl)OC(=O)c2ccc(CN(C(=O)O[C@H]3CN4CCC3CC4)c3ccccc3OC)cc2)ccc1OC(F)F.[OH-]. The lowest BCUT2D eigenvalue weighted by atomic mass is 9.86. The van der Waals surface area contributed by atoms with Crippen LogP contribution in [0.25, 0.3) is 0 Å². The van der Waals surface area contributed by atoms with E-state index in [1.165, 1.54) is 42.6 Å². The van der Waals surface area contributed by atoms with Crippen molar-refractivity contribution >= 4 is 41.0 Å². The van der Waals surface area contributed by atoms with E-state index in [2.05, 4.69) is 14.6 Å². The summed E-state index contributed by atoms with van der Waals surface area (Å²) in [5, 5.41) is 0.447. The minimum Gasteiger partial charge on any atom is -0.870 e. The van der Waals surface area contributed by atoms with Gasteiger partial charge in [-0.3, -0.25) is 9.80 Å². The number of fused-ring (bicyclic) bond motifs is 3. The van der Waals surface area contributed by atoms with Crippen molar-refractivity contribution in [3.8, 4) is 17.2 Å². The van der Waals surface area contributed by atoms with Crippen molar-refractivity contribution in [1.82, 2.24) is 4.90 Å². The molecule has 3 fully saturated rings. The lowest BCUT2D eigenvalue weighted by Gasteiger charge is -2.44. The molecular formula is C38H39Cl2F2N3O8. The first-order chi connectivity index (χ1) is 26.3. The third-order valence-corrected chi connectivity index (χ3v) is 9.95. The van der Waals surface area contributed by atoms with E-state index in [-0.39, 0.29) is 45.7 Å². The van der Waals surface area contributed by atoms with Crippen LogP contribution in [-0.4, -0.2) is 68.9 Å². The van der Waals surface area contributed by atoms with Crippen molar-refractivity contribution < 1.29 is 56.6 Å². The van der Waals surface area contributed by atoms with Gasteiger partial charge in [0.15, 0.2) is 23.9 Å². The Bertz CT molecular complexity index is 1970. The quantitative estimate of drug-likeness (QED) is 0.126. The van der Waals surface area contributed by atoms with Crippen LogP contribution in [0.4, 0.5) is 19.3 Å². The number of carbonyl (C=O) groups excluding carboxylic acids is 2. The van der Waals surface area contributed by atoms with Crippen LogP contribution in [-0.2, 0) is 22.4 Å². The summed E-state index contributed by atoms with van der Waals surface area (Å²) < 4.78 is 76.0. The number of esters is 1. The van der Waals surface area contributed by atoms with Crippen LogP contribution in [0.2, 0.25) is 10.0 Å². The third kappa shape index (κ3) is 9.46. The number of H-pyrrole nitrogens is 1. The summed E-state index contributed by atoms with van der Waals surface area (Å²) in [6.45, 7) is -0.479. The molecule has 3 aliphatic heterocycles. The fourth-order valence-corrected chi connectivity index (χ4v) is 7.08. The van der Waals surface area contributed by atoms with E-state index in [4.69, 9.17) is 46.3 Å². The molecular weight excluding hydrogens is 735 g/mol. The van der Waals surface area contributed by atoms with Gasteiger partial charge in [-0.05, 0) is 79.4 Å². The summed E-state index contributed by atoms with van der Waals surface area (Å²) in [5.41, 5.74) is 1.90. The van der Waals surface area contributed by atoms with E-state index in [1.54, 1.807) is 36.4 Å². The molecule has 0 radical (unpaired) electrons. The highest BCUT2D eigenvalue weighted by molar-refractivity contribution is 6.35. The molecule has 3 saturated heterocycles. The molecule has 15 heteroatoms. The van der Waals surface area contributed by atoms with Gasteiger partial charge < -0.3 is 29.2 Å². The number of anilines is 1. The molecule has 4 heterocycles. The van der Waals surface area contributed by atoms with Crippen molar-refractivity contribution in [2.24, 2.45) is 5.92 Å². The number of aromatic amines is 1. The Morgan fingerprint density at radius 3 is 2.34 bits per heavy atom. The number of para-hydroxylation sites is 2. The van der Waals surface area contributed by atoms with Crippen LogP contribution in [0.1, 0.15) is 50.1 Å². The first-order valence-corrected chi connectivity index (χ1v) is 17.3. The number of benzene rings is 3. The second kappa shape index (κ2) is 17.9. The maximum absolute atomic E-state index is 13.8. The number of ether oxygens (including phenoxy) is 5. The van der Waals surface area contributed by atoms with E-state index in [9.17, 15) is 18.4 Å². The second-order valence-corrected chi connectivity index (χ2v) is 13.2. The van der Waals surface area contributed by atoms with Crippen LogP contribution < -0.4 is 24.1 Å². The molecule has 2 atom stereocenters. The molecule has 2 N–H and O–H groups in total. The number of piperidine rings is 3. The number of nitrogens with zero attached hydrogens (tertiary/aromatic N) is 2. The molecule has 0 saturated carbocycles. The van der Waals surface area contributed by atoms with Crippen molar-refractivity contribution in [2.75, 3.05) is 38.7 Å². The van der Waals surface area contributed by atoms with E-state index >= 15 is 0 Å². The van der Waals surface area contributed by atoms with E-state index < -0.39 is 43.3 Å². The highest BCUT2D eigenvalue weighted by Gasteiger charge is 2.38. The van der Waals surface area contributed by atoms with Gasteiger partial charge in [0.05, 0.1) is 36.1 Å². The van der Waals surface area contributed by atoms with E-state index in [0.29, 0.717) is 35.0 Å². The second-order valence-electron chi connectivity index (χ2n) is 12.4. The van der Waals surface area contributed by atoms with E-state index in [0.717, 1.165) is 38.1 Å². The predicted molar refractivity (Wildman–Crippen MR) is 191 cm³/mol. The van der Waals surface area contributed by atoms with Gasteiger partial charge in [0.1, 0.15) is 28.0 Å². The normalized spacial score (nSPS) is 19.1. The minimum atomic E-state index is -3.27. The van der Waals surface area contributed by atoms with Gasteiger partial charge in [-0.15, -0.1) is 0 Å². The lowest BCUT2D eigenvalue weighted by Crippen LogP contribution is -2.53. The Kier molecular flexibility index (Phi) is 11.9. The summed E-state index contributed by atoms with van der Waals surface area (Å²) in [7, 11) is -1.49. The summed E-state index contributed by atoms with van der Waals surface area (Å²) in [5.74, 6) is -1.04. The molecule has 3 aliphatic rings. The molecule has 282 valence electrons. The zero-order valence-corrected chi connectivity index (χ0v) is 30.0. The van der Waals surface area contributed by atoms with Crippen LogP contribution in [0.15, 0.2) is 79.1 Å². The molecule has 0 aliphatic carbocycles. The monoisotopic (exact) mass is 776 g/mol. The van der Waals surface area contributed by atoms with Crippen molar-refractivity contribution in [3.05, 3.63) is 111 Å². The van der Waals surface area contributed by atoms with Gasteiger partial charge in [-0.25, -0.2) is 14.6 Å². The number of aromatic nitrogens is 1. The topological polar surface area (TPSA) is 131 Å². The van der Waals surface area contributed by atoms with Gasteiger partial charge in [0.25, 0.3) is 0 Å². The first-order valence-electron chi connectivity index (χ1n) is 18.0. The number of methoxy groups -OCH3 is 2. The summed E-state index contributed by atoms with van der Waals surface area (Å²) in [4.78, 5) is 34.1. The van der Waals surface area contributed by atoms with Gasteiger partial charge in [0, 0.05) is 18.5 Å². The van der Waals surface area contributed by atoms with E-state index in [1.807, 2.05) is 0 Å². The summed E-state index contributed by atoms with van der Waals surface area (Å²) in [6, 6.07) is 17.1. The molecule has 1 amide bonds. The number of hydrogen-bond donors (Lipinski definition) is 0. The number of hydrogen-bond acceptors (Lipinski definition) is 9. The Labute approximate surface area is 319 Å². The smallest absolute Gasteiger partial charge is 0.415 e. The fraction of sp³-hybridized carbons (Fsp3) is 0.342. The van der Waals surface area contributed by atoms with Crippen molar-refractivity contribution in [3.63, 3.8) is 0 Å². The Morgan fingerprint density at radius 2 is 1.70 bits per heavy atom. The largest absolute Gasteiger partial charge is 0.870 e. The average Bonchev–Trinajstić information content (AvgIpc) is 3.15. The van der Waals surface area contributed by atoms with Crippen LogP contribution in [0, 0.1) is 5.92 Å². The number of amides is 1. The molecule has 7 rings (SSSR count). The van der Waals surface area contributed by atoms with Crippen LogP contribution in [0.5, 0.6) is 17.2 Å². The predicted octanol–water partition coefficient (Wildman–Crippen LogP) is 7.63. The summed E-state index contributed by atoms with van der Waals surface area (Å²) >= 11 is 12.9. The number of carbonyl (C=O) groups is 2. The molecule has 3 aromatic carbocycles. The molecule has 4 aromatic rings. The molecule has 2 bridgehead atoms. The molecule has 1 aromatic heterocycles. The van der Waals surface area contributed by atoms with Crippen LogP contribution >= 0.6 is 23.2 Å². The molecule has 0 spiro atoms. The van der Waals surface area contributed by atoms with Crippen molar-refractivity contribution in [2.45, 2.75) is 44.6 Å². The van der Waals surface area contributed by atoms with Gasteiger partial charge in [0.2, 0.25) is 0 Å². The number of halogens is 4. The molecule has 0 unspecified atom stereocenters. The maximum Gasteiger partial charge on any atom is 0.415 e. The number of alkyl halides is 2. The fourth-order valence-electron chi connectivity index (χ4n) is 6.55. The Hall–Kier alpha value is -4.69. The zero-order chi connectivity index (χ0) is 39.3. The third-order valence-electron chi connectivity index (χ3n) is 9.28. The Morgan fingerprint density at radius 1 is 0.981 bits per heavy atom. The number of nitrogens with one attached hydrogen (secondary N) is 1. The Balaban J connectivity index is 0.00000600. The van der Waals surface area contributed by atoms with Crippen LogP contribution in [0.3, 0.4) is 0 Å². The highest BCUT2D eigenvalue weighted by atomic mass is 35.5. The number of pyridine rings is 1. The van der Waals surface area contributed by atoms with Gasteiger partial charge >= 0.3 is 18.7 Å². The first kappa shape index (κ1) is 35.3.